The van der Waals surface area contributed by atoms with Gasteiger partial charge in [-0.25, -0.2) is 4.98 Å². The molecule has 6 nitrogen and oxygen atoms in total. The molecule has 0 aliphatic carbocycles. The number of hydrogen-bond donors (Lipinski definition) is 1. The number of imide groups is 1. The van der Waals surface area contributed by atoms with Gasteiger partial charge in [0.2, 0.25) is 5.91 Å². The van der Waals surface area contributed by atoms with Crippen molar-refractivity contribution < 1.29 is 14.4 Å². The highest BCUT2D eigenvalue weighted by molar-refractivity contribution is 6.29. The zero-order valence-electron chi connectivity index (χ0n) is 9.51. The SMILES string of the molecule is CN1C(=O)CC(NC(=O)c2ccnc(Cl)c2)C1=O. The maximum Gasteiger partial charge on any atom is 0.252 e. The molecule has 1 fully saturated rings. The Morgan fingerprint density at radius 3 is 2.83 bits per heavy atom. The van der Waals surface area contributed by atoms with Crippen LogP contribution in [0.15, 0.2) is 18.3 Å². The standard InChI is InChI=1S/C11H10ClN3O3/c1-15-9(16)5-7(11(15)18)14-10(17)6-2-3-13-8(12)4-6/h2-4,7H,5H2,1H3,(H,14,17). The number of rotatable bonds is 2. The van der Waals surface area contributed by atoms with E-state index in [0.717, 1.165) is 4.90 Å². The van der Waals surface area contributed by atoms with Crippen molar-refractivity contribution in [3.63, 3.8) is 0 Å². The van der Waals surface area contributed by atoms with Gasteiger partial charge in [0.25, 0.3) is 11.8 Å². The third-order valence-electron chi connectivity index (χ3n) is 2.68. The molecule has 2 heterocycles. The Kier molecular flexibility index (Phi) is 3.29. The van der Waals surface area contributed by atoms with Gasteiger partial charge in [0.15, 0.2) is 0 Å². The average molecular weight is 268 g/mol. The first kappa shape index (κ1) is 12.5. The third kappa shape index (κ3) is 2.33. The minimum absolute atomic E-state index is 0.0140. The van der Waals surface area contributed by atoms with E-state index in [1.165, 1.54) is 25.4 Å². The molecule has 0 aromatic carbocycles. The Bertz CT molecular complexity index is 532. The van der Waals surface area contributed by atoms with Gasteiger partial charge in [0.1, 0.15) is 11.2 Å². The van der Waals surface area contributed by atoms with Crippen LogP contribution in [0.25, 0.3) is 0 Å². The summed E-state index contributed by atoms with van der Waals surface area (Å²) < 4.78 is 0. The van der Waals surface area contributed by atoms with Crippen molar-refractivity contribution in [2.45, 2.75) is 12.5 Å². The molecule has 1 atom stereocenters. The molecule has 1 aliphatic heterocycles. The second-order valence-corrected chi connectivity index (χ2v) is 4.28. The summed E-state index contributed by atoms with van der Waals surface area (Å²) in [5.74, 6) is -1.17. The van der Waals surface area contributed by atoms with Gasteiger partial charge < -0.3 is 5.32 Å². The number of nitrogens with one attached hydrogen (secondary N) is 1. The lowest BCUT2D eigenvalue weighted by atomic mass is 10.2. The Hall–Kier alpha value is -1.95. The minimum Gasteiger partial charge on any atom is -0.340 e. The van der Waals surface area contributed by atoms with Gasteiger partial charge in [-0.2, -0.15) is 0 Å². The third-order valence-corrected chi connectivity index (χ3v) is 2.88. The number of likely N-dealkylation sites (tertiary alicyclic amines) is 1. The van der Waals surface area contributed by atoms with Crippen LogP contribution < -0.4 is 5.32 Å². The maximum absolute atomic E-state index is 11.8. The van der Waals surface area contributed by atoms with Gasteiger partial charge in [0.05, 0.1) is 6.42 Å². The predicted molar refractivity (Wildman–Crippen MR) is 62.9 cm³/mol. The second kappa shape index (κ2) is 4.73. The van der Waals surface area contributed by atoms with Crippen molar-refractivity contribution in [1.29, 1.82) is 0 Å². The Labute approximate surface area is 108 Å². The van der Waals surface area contributed by atoms with Crippen LogP contribution in [-0.4, -0.2) is 40.7 Å². The molecule has 18 heavy (non-hydrogen) atoms. The minimum atomic E-state index is -0.804. The number of halogens is 1. The van der Waals surface area contributed by atoms with Crippen molar-refractivity contribution in [1.82, 2.24) is 15.2 Å². The molecule has 1 saturated heterocycles. The highest BCUT2D eigenvalue weighted by Crippen LogP contribution is 2.12. The fourth-order valence-corrected chi connectivity index (χ4v) is 1.83. The van der Waals surface area contributed by atoms with Crippen molar-refractivity contribution >= 4 is 29.3 Å². The average Bonchev–Trinajstić information content (AvgIpc) is 2.57. The lowest BCUT2D eigenvalue weighted by molar-refractivity contribution is -0.137. The van der Waals surface area contributed by atoms with Gasteiger partial charge in [-0.15, -0.1) is 0 Å². The summed E-state index contributed by atoms with van der Waals surface area (Å²) >= 11 is 5.66. The highest BCUT2D eigenvalue weighted by Gasteiger charge is 2.36. The first-order chi connectivity index (χ1) is 8.49. The van der Waals surface area contributed by atoms with Crippen LogP contribution in [-0.2, 0) is 9.59 Å². The quantitative estimate of drug-likeness (QED) is 0.614. The first-order valence-electron chi connectivity index (χ1n) is 5.22. The molecule has 1 unspecified atom stereocenters. The summed E-state index contributed by atoms with van der Waals surface area (Å²) in [6, 6.07) is 2.07. The normalized spacial score (nSPS) is 19.2. The number of aromatic nitrogens is 1. The van der Waals surface area contributed by atoms with Crippen molar-refractivity contribution in [2.24, 2.45) is 0 Å². The van der Waals surface area contributed by atoms with Gasteiger partial charge in [0, 0.05) is 18.8 Å². The molecule has 1 N–H and O–H groups in total. The number of nitrogens with zero attached hydrogens (tertiary/aromatic N) is 2. The van der Waals surface area contributed by atoms with E-state index in [9.17, 15) is 14.4 Å². The van der Waals surface area contributed by atoms with E-state index in [1.54, 1.807) is 0 Å². The van der Waals surface area contributed by atoms with E-state index in [1.807, 2.05) is 0 Å². The van der Waals surface area contributed by atoms with E-state index < -0.39 is 17.9 Å². The van der Waals surface area contributed by atoms with E-state index in [2.05, 4.69) is 10.3 Å². The predicted octanol–water partition coefficient (Wildman–Crippen LogP) is 0.222. The van der Waals surface area contributed by atoms with Gasteiger partial charge in [-0.05, 0) is 12.1 Å². The van der Waals surface area contributed by atoms with Crippen LogP contribution in [0.4, 0.5) is 0 Å². The number of likely N-dealkylation sites (N-methyl/N-ethyl adjacent to an activating group) is 1. The van der Waals surface area contributed by atoms with Gasteiger partial charge in [-0.1, -0.05) is 11.6 Å². The van der Waals surface area contributed by atoms with Crippen LogP contribution in [0.2, 0.25) is 5.15 Å². The fraction of sp³-hybridized carbons (Fsp3) is 0.273. The molecule has 0 radical (unpaired) electrons. The molecule has 1 aromatic heterocycles. The zero-order chi connectivity index (χ0) is 13.3. The van der Waals surface area contributed by atoms with Gasteiger partial charge in [-0.3, -0.25) is 19.3 Å². The van der Waals surface area contributed by atoms with Crippen LogP contribution in [0.3, 0.4) is 0 Å². The Balaban J connectivity index is 2.09. The molecule has 3 amide bonds. The topological polar surface area (TPSA) is 79.4 Å². The van der Waals surface area contributed by atoms with Crippen molar-refractivity contribution in [3.8, 4) is 0 Å². The molecule has 94 valence electrons. The van der Waals surface area contributed by atoms with Gasteiger partial charge >= 0.3 is 0 Å². The van der Waals surface area contributed by atoms with E-state index in [4.69, 9.17) is 11.6 Å². The second-order valence-electron chi connectivity index (χ2n) is 3.89. The molecular weight excluding hydrogens is 258 g/mol. The van der Waals surface area contributed by atoms with Crippen LogP contribution in [0, 0.1) is 0 Å². The summed E-state index contributed by atoms with van der Waals surface area (Å²) in [4.78, 5) is 39.5. The summed E-state index contributed by atoms with van der Waals surface area (Å²) in [5.41, 5.74) is 0.296. The number of carbonyl (C=O) groups is 3. The number of pyridine rings is 1. The Morgan fingerprint density at radius 1 is 1.56 bits per heavy atom. The molecular formula is C11H10ClN3O3. The van der Waals surface area contributed by atoms with E-state index in [-0.39, 0.29) is 17.5 Å². The summed E-state index contributed by atoms with van der Waals surface area (Å²) in [6.45, 7) is 0. The lowest BCUT2D eigenvalue weighted by Gasteiger charge is -2.10. The molecule has 1 aliphatic rings. The number of amides is 3. The summed E-state index contributed by atoms with van der Waals surface area (Å²) in [6.07, 6.45) is 1.38. The lowest BCUT2D eigenvalue weighted by Crippen LogP contribution is -2.40. The largest absolute Gasteiger partial charge is 0.340 e. The van der Waals surface area contributed by atoms with Crippen molar-refractivity contribution in [2.75, 3.05) is 7.05 Å². The number of carbonyl (C=O) groups excluding carboxylic acids is 3. The van der Waals surface area contributed by atoms with Crippen LogP contribution >= 0.6 is 11.6 Å². The van der Waals surface area contributed by atoms with Crippen LogP contribution in [0.5, 0.6) is 0 Å². The maximum atomic E-state index is 11.8. The molecule has 0 saturated carbocycles. The monoisotopic (exact) mass is 267 g/mol. The molecule has 0 spiro atoms. The first-order valence-corrected chi connectivity index (χ1v) is 5.59. The summed E-state index contributed by atoms with van der Waals surface area (Å²) in [7, 11) is 1.39. The zero-order valence-corrected chi connectivity index (χ0v) is 10.3. The summed E-state index contributed by atoms with van der Waals surface area (Å²) in [5, 5.41) is 2.68. The van der Waals surface area contributed by atoms with Crippen LogP contribution in [0.1, 0.15) is 16.8 Å². The number of hydrogen-bond acceptors (Lipinski definition) is 4. The molecule has 2 rings (SSSR count). The van der Waals surface area contributed by atoms with Crippen molar-refractivity contribution in [3.05, 3.63) is 29.0 Å². The van der Waals surface area contributed by atoms with E-state index in [0.29, 0.717) is 5.56 Å². The van der Waals surface area contributed by atoms with E-state index >= 15 is 0 Å². The highest BCUT2D eigenvalue weighted by atomic mass is 35.5. The fourth-order valence-electron chi connectivity index (χ4n) is 1.65. The Morgan fingerprint density at radius 2 is 2.28 bits per heavy atom. The smallest absolute Gasteiger partial charge is 0.252 e. The molecule has 0 bridgehead atoms. The molecule has 7 heteroatoms. The molecule has 1 aromatic rings.